The van der Waals surface area contributed by atoms with Crippen molar-refractivity contribution in [3.63, 3.8) is 0 Å². The van der Waals surface area contributed by atoms with Crippen LogP contribution in [-0.4, -0.2) is 24.3 Å². The fourth-order valence-electron chi connectivity index (χ4n) is 2.45. The molecule has 1 atom stereocenters. The predicted molar refractivity (Wildman–Crippen MR) is 94.0 cm³/mol. The molecule has 0 spiro atoms. The van der Waals surface area contributed by atoms with Crippen molar-refractivity contribution in [2.24, 2.45) is 0 Å². The number of urea groups is 1. The van der Waals surface area contributed by atoms with Crippen molar-refractivity contribution >= 4 is 23.3 Å². The average Bonchev–Trinajstić information content (AvgIpc) is 2.57. The Morgan fingerprint density at radius 3 is 2.43 bits per heavy atom. The first-order valence-electron chi connectivity index (χ1n) is 7.66. The van der Waals surface area contributed by atoms with Gasteiger partial charge < -0.3 is 15.7 Å². The highest BCUT2D eigenvalue weighted by Crippen LogP contribution is 2.23. The van der Waals surface area contributed by atoms with Crippen LogP contribution in [0.25, 0.3) is 0 Å². The Morgan fingerprint density at radius 2 is 1.74 bits per heavy atom. The highest BCUT2D eigenvalue weighted by Gasteiger charge is 2.11. The summed E-state index contributed by atoms with van der Waals surface area (Å²) in [6, 6.07) is 16.8. The molecule has 0 fully saturated rings. The van der Waals surface area contributed by atoms with Gasteiger partial charge in [0.05, 0.1) is 10.7 Å². The lowest BCUT2D eigenvalue weighted by Gasteiger charge is -2.17. The second-order valence-electron chi connectivity index (χ2n) is 5.27. The zero-order valence-corrected chi connectivity index (χ0v) is 13.6. The SMILES string of the molecule is O=C(NCCC(CCO)c1ccccc1)Nc1ccccc1Cl. The van der Waals surface area contributed by atoms with E-state index < -0.39 is 0 Å². The molecule has 4 nitrogen and oxygen atoms in total. The summed E-state index contributed by atoms with van der Waals surface area (Å²) in [7, 11) is 0. The molecule has 2 aromatic rings. The molecule has 122 valence electrons. The molecule has 5 heteroatoms. The molecule has 0 heterocycles. The monoisotopic (exact) mass is 332 g/mol. The number of hydrogen-bond donors (Lipinski definition) is 3. The van der Waals surface area contributed by atoms with Crippen molar-refractivity contribution in [3.8, 4) is 0 Å². The number of para-hydroxylation sites is 1. The molecule has 2 amide bonds. The number of amides is 2. The zero-order chi connectivity index (χ0) is 16.5. The van der Waals surface area contributed by atoms with E-state index in [4.69, 9.17) is 11.6 Å². The quantitative estimate of drug-likeness (QED) is 0.717. The van der Waals surface area contributed by atoms with E-state index in [0.29, 0.717) is 23.7 Å². The first kappa shape index (κ1) is 17.3. The molecule has 0 saturated carbocycles. The number of aliphatic hydroxyl groups excluding tert-OH is 1. The second kappa shape index (κ2) is 9.18. The topological polar surface area (TPSA) is 61.4 Å². The standard InChI is InChI=1S/C18H21ClN2O2/c19-16-8-4-5-9-17(16)21-18(23)20-12-10-15(11-13-22)14-6-2-1-3-7-14/h1-9,15,22H,10-13H2,(H2,20,21,23). The number of anilines is 1. The maximum Gasteiger partial charge on any atom is 0.319 e. The van der Waals surface area contributed by atoms with E-state index in [1.165, 1.54) is 5.56 Å². The third kappa shape index (κ3) is 5.58. The van der Waals surface area contributed by atoms with Crippen molar-refractivity contribution in [1.82, 2.24) is 5.32 Å². The van der Waals surface area contributed by atoms with Crippen LogP contribution in [-0.2, 0) is 0 Å². The number of benzene rings is 2. The molecule has 1 unspecified atom stereocenters. The summed E-state index contributed by atoms with van der Waals surface area (Å²) < 4.78 is 0. The summed E-state index contributed by atoms with van der Waals surface area (Å²) >= 11 is 6.00. The molecule has 0 aliphatic heterocycles. The van der Waals surface area contributed by atoms with E-state index in [2.05, 4.69) is 10.6 Å². The number of carbonyl (C=O) groups excluding carboxylic acids is 1. The van der Waals surface area contributed by atoms with Gasteiger partial charge in [-0.3, -0.25) is 0 Å². The van der Waals surface area contributed by atoms with Gasteiger partial charge in [-0.15, -0.1) is 0 Å². The van der Waals surface area contributed by atoms with Gasteiger partial charge in [-0.05, 0) is 36.5 Å². The fourth-order valence-corrected chi connectivity index (χ4v) is 2.63. The molecule has 0 aromatic heterocycles. The number of hydrogen-bond acceptors (Lipinski definition) is 2. The van der Waals surface area contributed by atoms with Crippen LogP contribution in [0, 0.1) is 0 Å². The largest absolute Gasteiger partial charge is 0.396 e. The molecule has 0 bridgehead atoms. The van der Waals surface area contributed by atoms with Gasteiger partial charge >= 0.3 is 6.03 Å². The van der Waals surface area contributed by atoms with Crippen molar-refractivity contribution in [2.45, 2.75) is 18.8 Å². The van der Waals surface area contributed by atoms with Crippen LogP contribution in [0.15, 0.2) is 54.6 Å². The van der Waals surface area contributed by atoms with E-state index in [0.717, 1.165) is 6.42 Å². The minimum absolute atomic E-state index is 0.130. The van der Waals surface area contributed by atoms with Crippen LogP contribution in [0.2, 0.25) is 5.02 Å². The van der Waals surface area contributed by atoms with Crippen molar-refractivity contribution in [1.29, 1.82) is 0 Å². The predicted octanol–water partition coefficient (Wildman–Crippen LogP) is 4.02. The molecule has 3 N–H and O–H groups in total. The van der Waals surface area contributed by atoms with Crippen LogP contribution in [0.1, 0.15) is 24.3 Å². The van der Waals surface area contributed by atoms with Gasteiger partial charge in [-0.2, -0.15) is 0 Å². The number of halogens is 1. The molecule has 0 saturated heterocycles. The first-order chi connectivity index (χ1) is 11.2. The lowest BCUT2D eigenvalue weighted by atomic mass is 9.93. The van der Waals surface area contributed by atoms with Crippen LogP contribution < -0.4 is 10.6 Å². The molecular formula is C18H21ClN2O2. The molecule has 23 heavy (non-hydrogen) atoms. The fraction of sp³-hybridized carbons (Fsp3) is 0.278. The Bertz CT molecular complexity index is 619. The third-order valence-electron chi connectivity index (χ3n) is 3.65. The Hall–Kier alpha value is -2.04. The van der Waals surface area contributed by atoms with Gasteiger partial charge in [0.25, 0.3) is 0 Å². The van der Waals surface area contributed by atoms with Gasteiger partial charge in [0, 0.05) is 13.2 Å². The van der Waals surface area contributed by atoms with Crippen molar-refractivity contribution in [3.05, 3.63) is 65.2 Å². The molecule has 2 rings (SSSR count). The molecule has 0 aliphatic rings. The third-order valence-corrected chi connectivity index (χ3v) is 3.98. The maximum atomic E-state index is 11.9. The summed E-state index contributed by atoms with van der Waals surface area (Å²) in [5.74, 6) is 0.224. The lowest BCUT2D eigenvalue weighted by Crippen LogP contribution is -2.30. The van der Waals surface area contributed by atoms with Crippen molar-refractivity contribution in [2.75, 3.05) is 18.5 Å². The molecular weight excluding hydrogens is 312 g/mol. The van der Waals surface area contributed by atoms with Gasteiger partial charge in [0.1, 0.15) is 0 Å². The van der Waals surface area contributed by atoms with Crippen LogP contribution >= 0.6 is 11.6 Å². The molecule has 2 aromatic carbocycles. The minimum Gasteiger partial charge on any atom is -0.396 e. The molecule has 0 radical (unpaired) electrons. The van der Waals surface area contributed by atoms with Crippen LogP contribution in [0.5, 0.6) is 0 Å². The van der Waals surface area contributed by atoms with Gasteiger partial charge in [0.15, 0.2) is 0 Å². The summed E-state index contributed by atoms with van der Waals surface area (Å²) in [6.45, 7) is 0.654. The van der Waals surface area contributed by atoms with Gasteiger partial charge in [-0.25, -0.2) is 4.79 Å². The highest BCUT2D eigenvalue weighted by molar-refractivity contribution is 6.33. The Kier molecular flexibility index (Phi) is 6.91. The smallest absolute Gasteiger partial charge is 0.319 e. The summed E-state index contributed by atoms with van der Waals surface area (Å²) in [4.78, 5) is 11.9. The highest BCUT2D eigenvalue weighted by atomic mass is 35.5. The average molecular weight is 333 g/mol. The summed E-state index contributed by atoms with van der Waals surface area (Å²) in [5.41, 5.74) is 1.76. The van der Waals surface area contributed by atoms with Gasteiger partial charge in [-0.1, -0.05) is 54.1 Å². The Morgan fingerprint density at radius 1 is 1.04 bits per heavy atom. The van der Waals surface area contributed by atoms with E-state index in [1.807, 2.05) is 42.5 Å². The van der Waals surface area contributed by atoms with Crippen molar-refractivity contribution < 1.29 is 9.90 Å². The van der Waals surface area contributed by atoms with E-state index >= 15 is 0 Å². The minimum atomic E-state index is -0.283. The summed E-state index contributed by atoms with van der Waals surface area (Å²) in [5, 5.41) is 15.3. The van der Waals surface area contributed by atoms with E-state index in [-0.39, 0.29) is 18.6 Å². The van der Waals surface area contributed by atoms with Crippen LogP contribution in [0.4, 0.5) is 10.5 Å². The Balaban J connectivity index is 1.82. The second-order valence-corrected chi connectivity index (χ2v) is 5.68. The Labute approximate surface area is 141 Å². The van der Waals surface area contributed by atoms with Crippen LogP contribution in [0.3, 0.4) is 0 Å². The number of nitrogens with one attached hydrogen (secondary N) is 2. The molecule has 0 aliphatic carbocycles. The number of rotatable bonds is 7. The first-order valence-corrected chi connectivity index (χ1v) is 8.03. The summed E-state index contributed by atoms with van der Waals surface area (Å²) in [6.07, 6.45) is 1.44. The van der Waals surface area contributed by atoms with E-state index in [9.17, 15) is 9.90 Å². The van der Waals surface area contributed by atoms with Gasteiger partial charge in [0.2, 0.25) is 0 Å². The van der Waals surface area contributed by atoms with E-state index in [1.54, 1.807) is 12.1 Å². The number of aliphatic hydroxyl groups is 1. The normalized spacial score (nSPS) is 11.7. The number of carbonyl (C=O) groups is 1. The lowest BCUT2D eigenvalue weighted by molar-refractivity contribution is 0.250. The zero-order valence-electron chi connectivity index (χ0n) is 12.8. The maximum absolute atomic E-state index is 11.9.